The predicted octanol–water partition coefficient (Wildman–Crippen LogP) is 2.05. The van der Waals surface area contributed by atoms with Crippen LogP contribution in [0.2, 0.25) is 0 Å². The molecular formula is C18H25ClFN3O2. The van der Waals surface area contributed by atoms with E-state index < -0.39 is 0 Å². The topological polar surface area (TPSA) is 66.6 Å². The van der Waals surface area contributed by atoms with E-state index in [1.54, 1.807) is 4.90 Å². The van der Waals surface area contributed by atoms with Crippen LogP contribution in [0, 0.1) is 11.7 Å². The summed E-state index contributed by atoms with van der Waals surface area (Å²) in [7, 11) is 0. The summed E-state index contributed by atoms with van der Waals surface area (Å²) in [5, 5.41) is 0. The molecule has 5 nitrogen and oxygen atoms in total. The quantitative estimate of drug-likeness (QED) is 0.867. The average Bonchev–Trinajstić information content (AvgIpc) is 2.61. The second-order valence-electron chi connectivity index (χ2n) is 6.78. The van der Waals surface area contributed by atoms with Gasteiger partial charge in [0.2, 0.25) is 5.91 Å². The lowest BCUT2D eigenvalue weighted by Gasteiger charge is -2.37. The molecule has 2 N–H and O–H groups in total. The van der Waals surface area contributed by atoms with Crippen LogP contribution >= 0.6 is 12.4 Å². The molecule has 2 amide bonds. The molecule has 2 aliphatic rings. The third-order valence-corrected chi connectivity index (χ3v) is 4.92. The van der Waals surface area contributed by atoms with Gasteiger partial charge in [0, 0.05) is 37.8 Å². The number of carbonyl (C=O) groups is 2. The highest BCUT2D eigenvalue weighted by molar-refractivity contribution is 5.94. The van der Waals surface area contributed by atoms with E-state index in [0.29, 0.717) is 25.2 Å². The molecule has 25 heavy (non-hydrogen) atoms. The van der Waals surface area contributed by atoms with Crippen molar-refractivity contribution in [3.8, 4) is 0 Å². The molecule has 2 aliphatic heterocycles. The van der Waals surface area contributed by atoms with Crippen LogP contribution in [0.1, 0.15) is 36.0 Å². The number of rotatable bonds is 2. The largest absolute Gasteiger partial charge is 0.341 e. The van der Waals surface area contributed by atoms with Gasteiger partial charge in [0.15, 0.2) is 0 Å². The van der Waals surface area contributed by atoms with Crippen molar-refractivity contribution in [2.45, 2.75) is 31.7 Å². The van der Waals surface area contributed by atoms with Gasteiger partial charge < -0.3 is 15.5 Å². The van der Waals surface area contributed by atoms with Crippen molar-refractivity contribution in [1.82, 2.24) is 9.80 Å². The van der Waals surface area contributed by atoms with Gasteiger partial charge in [0.1, 0.15) is 5.82 Å². The molecule has 0 spiro atoms. The predicted molar refractivity (Wildman–Crippen MR) is 96.1 cm³/mol. The highest BCUT2D eigenvalue weighted by atomic mass is 35.5. The summed E-state index contributed by atoms with van der Waals surface area (Å²) in [6.45, 7) is 2.44. The van der Waals surface area contributed by atoms with Gasteiger partial charge in [0.05, 0.1) is 5.92 Å². The van der Waals surface area contributed by atoms with Crippen molar-refractivity contribution < 1.29 is 14.0 Å². The molecule has 0 aliphatic carbocycles. The second kappa shape index (κ2) is 8.63. The summed E-state index contributed by atoms with van der Waals surface area (Å²) in [6.07, 6.45) is 3.52. The first-order chi connectivity index (χ1) is 11.5. The third kappa shape index (κ3) is 4.70. The lowest BCUT2D eigenvalue weighted by molar-refractivity contribution is -0.138. The zero-order valence-corrected chi connectivity index (χ0v) is 15.0. The van der Waals surface area contributed by atoms with Gasteiger partial charge in [-0.05, 0) is 49.9 Å². The summed E-state index contributed by atoms with van der Waals surface area (Å²) < 4.78 is 13.0. The van der Waals surface area contributed by atoms with Crippen LogP contribution in [0.4, 0.5) is 4.39 Å². The number of likely N-dealkylation sites (tertiary alicyclic amines) is 2. The van der Waals surface area contributed by atoms with E-state index in [4.69, 9.17) is 5.73 Å². The first kappa shape index (κ1) is 19.7. The highest BCUT2D eigenvalue weighted by Gasteiger charge is 2.33. The summed E-state index contributed by atoms with van der Waals surface area (Å²) >= 11 is 0. The maximum Gasteiger partial charge on any atom is 0.253 e. The van der Waals surface area contributed by atoms with Crippen molar-refractivity contribution in [2.75, 3.05) is 26.2 Å². The minimum Gasteiger partial charge on any atom is -0.341 e. The fourth-order valence-electron chi connectivity index (χ4n) is 3.61. The zero-order chi connectivity index (χ0) is 17.1. The fraction of sp³-hybridized carbons (Fsp3) is 0.556. The second-order valence-corrected chi connectivity index (χ2v) is 6.78. The summed E-state index contributed by atoms with van der Waals surface area (Å²) in [5.74, 6) is -0.544. The number of amides is 2. The monoisotopic (exact) mass is 369 g/mol. The average molecular weight is 370 g/mol. The Hall–Kier alpha value is -1.66. The van der Waals surface area contributed by atoms with Crippen LogP contribution in [0.25, 0.3) is 0 Å². The molecule has 2 atom stereocenters. The Balaban J connectivity index is 0.00000225. The van der Waals surface area contributed by atoms with Gasteiger partial charge in [0.25, 0.3) is 5.91 Å². The van der Waals surface area contributed by atoms with Crippen molar-refractivity contribution in [1.29, 1.82) is 0 Å². The smallest absolute Gasteiger partial charge is 0.253 e. The third-order valence-electron chi connectivity index (χ3n) is 4.92. The number of nitrogens with two attached hydrogens (primary N) is 1. The normalized spacial score (nSPS) is 23.8. The maximum absolute atomic E-state index is 13.0. The molecule has 0 radical (unpaired) electrons. The van der Waals surface area contributed by atoms with E-state index in [1.165, 1.54) is 24.3 Å². The van der Waals surface area contributed by atoms with Crippen LogP contribution < -0.4 is 5.73 Å². The van der Waals surface area contributed by atoms with Crippen LogP contribution in [0.5, 0.6) is 0 Å². The van der Waals surface area contributed by atoms with Gasteiger partial charge in [-0.3, -0.25) is 9.59 Å². The molecule has 0 aromatic heterocycles. The SMILES string of the molecule is Cl.NC1CCCN(C(=O)C2CCCN(C(=O)c3ccc(F)cc3)C2)C1. The molecule has 2 heterocycles. The number of halogens is 2. The minimum atomic E-state index is -0.361. The highest BCUT2D eigenvalue weighted by Crippen LogP contribution is 2.22. The Morgan fingerprint density at radius 1 is 1.00 bits per heavy atom. The van der Waals surface area contributed by atoms with E-state index in [1.807, 2.05) is 4.90 Å². The van der Waals surface area contributed by atoms with E-state index in [9.17, 15) is 14.0 Å². The van der Waals surface area contributed by atoms with Crippen LogP contribution in [-0.2, 0) is 4.79 Å². The Kier molecular flexibility index (Phi) is 6.79. The van der Waals surface area contributed by atoms with Crippen LogP contribution in [0.15, 0.2) is 24.3 Å². The molecule has 1 aromatic carbocycles. The molecule has 138 valence electrons. The number of carbonyl (C=O) groups excluding carboxylic acids is 2. The first-order valence-electron chi connectivity index (χ1n) is 8.64. The van der Waals surface area contributed by atoms with E-state index in [-0.39, 0.29) is 42.0 Å². The summed E-state index contributed by atoms with van der Waals surface area (Å²) in [4.78, 5) is 28.9. The molecule has 2 unspecified atom stereocenters. The van der Waals surface area contributed by atoms with Gasteiger partial charge >= 0.3 is 0 Å². The molecule has 0 bridgehead atoms. The standard InChI is InChI=1S/C18H24FN3O2.ClH/c19-15-7-5-13(6-8-15)17(23)21-9-1-3-14(11-21)18(24)22-10-2-4-16(20)12-22;/h5-8,14,16H,1-4,9-12,20H2;1H. The van der Waals surface area contributed by atoms with E-state index in [2.05, 4.69) is 0 Å². The Morgan fingerprint density at radius 2 is 1.64 bits per heavy atom. The molecule has 2 fully saturated rings. The summed E-state index contributed by atoms with van der Waals surface area (Å²) in [6, 6.07) is 5.62. The van der Waals surface area contributed by atoms with Crippen LogP contribution in [-0.4, -0.2) is 53.8 Å². The van der Waals surface area contributed by atoms with Gasteiger partial charge in [-0.2, -0.15) is 0 Å². The van der Waals surface area contributed by atoms with Crippen molar-refractivity contribution in [3.05, 3.63) is 35.6 Å². The summed E-state index contributed by atoms with van der Waals surface area (Å²) in [5.41, 5.74) is 6.43. The van der Waals surface area contributed by atoms with Crippen molar-refractivity contribution in [2.24, 2.45) is 11.7 Å². The maximum atomic E-state index is 13.0. The molecular weight excluding hydrogens is 345 g/mol. The van der Waals surface area contributed by atoms with Crippen molar-refractivity contribution in [3.63, 3.8) is 0 Å². The number of hydrogen-bond donors (Lipinski definition) is 1. The molecule has 0 saturated carbocycles. The lowest BCUT2D eigenvalue weighted by atomic mass is 9.94. The Morgan fingerprint density at radius 3 is 2.32 bits per heavy atom. The molecule has 7 heteroatoms. The molecule has 3 rings (SSSR count). The number of hydrogen-bond acceptors (Lipinski definition) is 3. The molecule has 2 saturated heterocycles. The van der Waals surface area contributed by atoms with Crippen molar-refractivity contribution >= 4 is 24.2 Å². The molecule has 1 aromatic rings. The fourth-order valence-corrected chi connectivity index (χ4v) is 3.61. The van der Waals surface area contributed by atoms with Gasteiger partial charge in [-0.15, -0.1) is 12.4 Å². The van der Waals surface area contributed by atoms with E-state index in [0.717, 1.165) is 32.2 Å². The Bertz CT molecular complexity index is 611. The van der Waals surface area contributed by atoms with Crippen LogP contribution in [0.3, 0.4) is 0 Å². The zero-order valence-electron chi connectivity index (χ0n) is 14.2. The Labute approximate surface area is 153 Å². The van der Waals surface area contributed by atoms with E-state index >= 15 is 0 Å². The van der Waals surface area contributed by atoms with Gasteiger partial charge in [-0.25, -0.2) is 4.39 Å². The number of nitrogens with zero attached hydrogens (tertiary/aromatic N) is 2. The number of benzene rings is 1. The number of piperidine rings is 2. The minimum absolute atomic E-state index is 0. The van der Waals surface area contributed by atoms with Gasteiger partial charge in [-0.1, -0.05) is 0 Å². The first-order valence-corrected chi connectivity index (χ1v) is 8.64. The lowest BCUT2D eigenvalue weighted by Crippen LogP contribution is -2.51.